The molecule has 1 N–H and O–H groups in total. The first-order valence-electron chi connectivity index (χ1n) is 6.91. The van der Waals surface area contributed by atoms with Gasteiger partial charge in [0.1, 0.15) is 0 Å². The van der Waals surface area contributed by atoms with Crippen LogP contribution in [-0.4, -0.2) is 16.1 Å². The van der Waals surface area contributed by atoms with Gasteiger partial charge in [0, 0.05) is 11.1 Å². The summed E-state index contributed by atoms with van der Waals surface area (Å²) in [6.07, 6.45) is -4.52. The van der Waals surface area contributed by atoms with E-state index in [-0.39, 0.29) is 10.7 Å². The van der Waals surface area contributed by atoms with Gasteiger partial charge in [0.2, 0.25) is 5.13 Å². The first-order chi connectivity index (χ1) is 11.8. The van der Waals surface area contributed by atoms with Crippen molar-refractivity contribution in [2.24, 2.45) is 0 Å². The average molecular weight is 384 g/mol. The fraction of sp³-hybridized carbons (Fsp3) is 0.0625. The lowest BCUT2D eigenvalue weighted by molar-refractivity contribution is -0.137. The molecule has 0 atom stereocenters. The molecule has 0 saturated carbocycles. The number of carbonyl (C=O) groups is 1. The van der Waals surface area contributed by atoms with Gasteiger partial charge in [0.05, 0.1) is 10.6 Å². The molecule has 0 bridgehead atoms. The minimum absolute atomic E-state index is 0.121. The van der Waals surface area contributed by atoms with Gasteiger partial charge in [-0.25, -0.2) is 0 Å². The maximum Gasteiger partial charge on any atom is 0.416 e. The number of rotatable bonds is 3. The zero-order chi connectivity index (χ0) is 18.0. The topological polar surface area (TPSA) is 54.9 Å². The van der Waals surface area contributed by atoms with Gasteiger partial charge in [0.25, 0.3) is 5.91 Å². The fourth-order valence-electron chi connectivity index (χ4n) is 2.02. The van der Waals surface area contributed by atoms with E-state index in [9.17, 15) is 18.0 Å². The van der Waals surface area contributed by atoms with Crippen LogP contribution < -0.4 is 5.32 Å². The Bertz CT molecular complexity index is 927. The highest BCUT2D eigenvalue weighted by Gasteiger charge is 2.31. The SMILES string of the molecule is O=C(Nc1nnc(-c2ccccc2Cl)s1)c1cccc(C(F)(F)F)c1. The summed E-state index contributed by atoms with van der Waals surface area (Å²) in [5.74, 6) is -0.701. The van der Waals surface area contributed by atoms with Crippen LogP contribution in [0.15, 0.2) is 48.5 Å². The van der Waals surface area contributed by atoms with Crippen molar-refractivity contribution >= 4 is 34.0 Å². The highest BCUT2D eigenvalue weighted by Crippen LogP contribution is 2.32. The van der Waals surface area contributed by atoms with E-state index in [1.54, 1.807) is 24.3 Å². The van der Waals surface area contributed by atoms with Crippen LogP contribution in [0.5, 0.6) is 0 Å². The van der Waals surface area contributed by atoms with Crippen molar-refractivity contribution in [1.29, 1.82) is 0 Å². The Labute approximate surface area is 149 Å². The van der Waals surface area contributed by atoms with Gasteiger partial charge in [-0.2, -0.15) is 13.2 Å². The fourth-order valence-corrected chi connectivity index (χ4v) is 3.08. The van der Waals surface area contributed by atoms with Crippen LogP contribution in [0, 0.1) is 0 Å². The van der Waals surface area contributed by atoms with Crippen LogP contribution in [0.25, 0.3) is 10.6 Å². The maximum absolute atomic E-state index is 12.7. The Morgan fingerprint density at radius 1 is 1.08 bits per heavy atom. The molecule has 4 nitrogen and oxygen atoms in total. The molecule has 0 unspecified atom stereocenters. The van der Waals surface area contributed by atoms with Crippen molar-refractivity contribution in [3.05, 3.63) is 64.7 Å². The van der Waals surface area contributed by atoms with Crippen molar-refractivity contribution in [2.75, 3.05) is 5.32 Å². The number of hydrogen-bond acceptors (Lipinski definition) is 4. The molecule has 0 aliphatic carbocycles. The summed E-state index contributed by atoms with van der Waals surface area (Å²) in [6.45, 7) is 0. The molecule has 9 heteroatoms. The van der Waals surface area contributed by atoms with Gasteiger partial charge < -0.3 is 0 Å². The molecule has 0 aliphatic rings. The van der Waals surface area contributed by atoms with Crippen LogP contribution in [0.3, 0.4) is 0 Å². The third-order valence-electron chi connectivity index (χ3n) is 3.20. The van der Waals surface area contributed by atoms with Gasteiger partial charge in [-0.1, -0.05) is 47.2 Å². The van der Waals surface area contributed by atoms with Gasteiger partial charge in [0.15, 0.2) is 5.01 Å². The largest absolute Gasteiger partial charge is 0.416 e. The Morgan fingerprint density at radius 2 is 1.84 bits per heavy atom. The monoisotopic (exact) mass is 383 g/mol. The number of benzene rings is 2. The quantitative estimate of drug-likeness (QED) is 0.682. The van der Waals surface area contributed by atoms with Crippen LogP contribution in [-0.2, 0) is 6.18 Å². The van der Waals surface area contributed by atoms with E-state index in [1.807, 2.05) is 0 Å². The molecule has 3 aromatic rings. The van der Waals surface area contributed by atoms with E-state index in [4.69, 9.17) is 11.6 Å². The summed E-state index contributed by atoms with van der Waals surface area (Å²) < 4.78 is 38.2. The first kappa shape index (κ1) is 17.4. The molecule has 3 rings (SSSR count). The number of hydrogen-bond donors (Lipinski definition) is 1. The zero-order valence-electron chi connectivity index (χ0n) is 12.3. The molecule has 1 aromatic heterocycles. The first-order valence-corrected chi connectivity index (χ1v) is 8.11. The Kier molecular flexibility index (Phi) is 4.73. The van der Waals surface area contributed by atoms with E-state index in [0.717, 1.165) is 23.5 Å². The predicted molar refractivity (Wildman–Crippen MR) is 89.8 cm³/mol. The second-order valence-corrected chi connectivity index (χ2v) is 6.31. The molecule has 2 aromatic carbocycles. The van der Waals surface area contributed by atoms with Crippen molar-refractivity contribution in [1.82, 2.24) is 10.2 Å². The molecule has 0 radical (unpaired) electrons. The lowest BCUT2D eigenvalue weighted by atomic mass is 10.1. The smallest absolute Gasteiger partial charge is 0.296 e. The molecule has 0 aliphatic heterocycles. The molecule has 0 spiro atoms. The highest BCUT2D eigenvalue weighted by molar-refractivity contribution is 7.18. The number of anilines is 1. The van der Waals surface area contributed by atoms with E-state index < -0.39 is 17.6 Å². The number of halogens is 4. The van der Waals surface area contributed by atoms with Crippen molar-refractivity contribution in [2.45, 2.75) is 6.18 Å². The van der Waals surface area contributed by atoms with E-state index >= 15 is 0 Å². The number of amides is 1. The lowest BCUT2D eigenvalue weighted by Crippen LogP contribution is -2.13. The number of aromatic nitrogens is 2. The van der Waals surface area contributed by atoms with Crippen LogP contribution in [0.2, 0.25) is 5.02 Å². The maximum atomic E-state index is 12.7. The minimum Gasteiger partial charge on any atom is -0.296 e. The van der Waals surface area contributed by atoms with Gasteiger partial charge in [-0.05, 0) is 24.3 Å². The van der Waals surface area contributed by atoms with Crippen molar-refractivity contribution in [3.8, 4) is 10.6 Å². The number of carbonyl (C=O) groups excluding carboxylic acids is 1. The number of nitrogens with zero attached hydrogens (tertiary/aromatic N) is 2. The third-order valence-corrected chi connectivity index (χ3v) is 4.40. The molecule has 25 heavy (non-hydrogen) atoms. The van der Waals surface area contributed by atoms with E-state index in [0.29, 0.717) is 15.6 Å². The summed E-state index contributed by atoms with van der Waals surface area (Å²) >= 11 is 7.15. The van der Waals surface area contributed by atoms with Crippen LogP contribution in [0.4, 0.5) is 18.3 Å². The average Bonchev–Trinajstić information content (AvgIpc) is 3.03. The Morgan fingerprint density at radius 3 is 2.56 bits per heavy atom. The predicted octanol–water partition coefficient (Wildman–Crippen LogP) is 5.13. The molecular formula is C16H9ClF3N3OS. The van der Waals surface area contributed by atoms with Crippen LogP contribution >= 0.6 is 22.9 Å². The Balaban J connectivity index is 1.80. The zero-order valence-corrected chi connectivity index (χ0v) is 13.9. The van der Waals surface area contributed by atoms with Gasteiger partial charge in [-0.15, -0.1) is 10.2 Å². The summed E-state index contributed by atoms with van der Waals surface area (Å²) in [6, 6.07) is 11.1. The second-order valence-electron chi connectivity index (χ2n) is 4.92. The lowest BCUT2D eigenvalue weighted by Gasteiger charge is -2.08. The van der Waals surface area contributed by atoms with Gasteiger partial charge >= 0.3 is 6.18 Å². The number of alkyl halides is 3. The number of nitrogens with one attached hydrogen (secondary N) is 1. The van der Waals surface area contributed by atoms with Gasteiger partial charge in [-0.3, -0.25) is 10.1 Å². The molecule has 0 saturated heterocycles. The Hall–Kier alpha value is -2.45. The third kappa shape index (κ3) is 3.97. The highest BCUT2D eigenvalue weighted by atomic mass is 35.5. The summed E-state index contributed by atoms with van der Waals surface area (Å²) in [4.78, 5) is 12.1. The summed E-state index contributed by atoms with van der Waals surface area (Å²) in [5, 5.41) is 11.3. The molecular weight excluding hydrogens is 375 g/mol. The molecule has 1 amide bonds. The molecule has 128 valence electrons. The molecule has 0 fully saturated rings. The normalized spacial score (nSPS) is 11.4. The van der Waals surface area contributed by atoms with Crippen molar-refractivity contribution < 1.29 is 18.0 Å². The van der Waals surface area contributed by atoms with E-state index in [2.05, 4.69) is 15.5 Å². The van der Waals surface area contributed by atoms with E-state index in [1.165, 1.54) is 12.1 Å². The summed E-state index contributed by atoms with van der Waals surface area (Å²) in [7, 11) is 0. The standard InChI is InChI=1S/C16H9ClF3N3OS/c17-12-7-2-1-6-11(12)14-22-23-15(25-14)21-13(24)9-4-3-5-10(8-9)16(18,19)20/h1-8H,(H,21,23,24). The second kappa shape index (κ2) is 6.81. The summed E-state index contributed by atoms with van der Waals surface area (Å²) in [5.41, 5.74) is -0.361. The minimum atomic E-state index is -4.52. The van der Waals surface area contributed by atoms with Crippen molar-refractivity contribution in [3.63, 3.8) is 0 Å². The van der Waals surface area contributed by atoms with Crippen LogP contribution in [0.1, 0.15) is 15.9 Å². The molecule has 1 heterocycles.